The van der Waals surface area contributed by atoms with Crippen LogP contribution in [0.1, 0.15) is 42.4 Å². The Morgan fingerprint density at radius 2 is 1.52 bits per heavy atom. The van der Waals surface area contributed by atoms with Gasteiger partial charge in [-0.2, -0.15) is 0 Å². The highest BCUT2D eigenvalue weighted by atomic mass is 19.1. The number of halogens is 1. The van der Waals surface area contributed by atoms with E-state index in [-0.39, 0.29) is 12.4 Å². The number of aliphatic hydroxyl groups is 1. The fourth-order valence-corrected chi connectivity index (χ4v) is 3.36. The second-order valence-electron chi connectivity index (χ2n) is 6.76. The Morgan fingerprint density at radius 1 is 0.880 bits per heavy atom. The Kier molecular flexibility index (Phi) is 6.42. The van der Waals surface area contributed by atoms with Crippen molar-refractivity contribution in [1.29, 1.82) is 0 Å². The third-order valence-corrected chi connectivity index (χ3v) is 4.85. The minimum absolute atomic E-state index is 0.266. The molecule has 0 unspecified atom stereocenters. The molecule has 0 spiro atoms. The molecule has 3 rings (SSSR count). The van der Waals surface area contributed by atoms with E-state index in [9.17, 15) is 4.39 Å². The summed E-state index contributed by atoms with van der Waals surface area (Å²) in [6.45, 7) is 3.48. The van der Waals surface area contributed by atoms with Crippen molar-refractivity contribution in [2.75, 3.05) is 18.0 Å². The molecule has 0 saturated carbocycles. The normalized spacial score (nSPS) is 15.2. The van der Waals surface area contributed by atoms with Gasteiger partial charge in [0.15, 0.2) is 0 Å². The first-order valence-electron chi connectivity index (χ1n) is 9.19. The van der Waals surface area contributed by atoms with Crippen LogP contribution in [0.2, 0.25) is 0 Å². The first-order chi connectivity index (χ1) is 12.3. The molecule has 0 atom stereocenters. The van der Waals surface area contributed by atoms with Gasteiger partial charge < -0.3 is 15.3 Å². The van der Waals surface area contributed by atoms with E-state index >= 15 is 0 Å². The average molecular weight is 342 g/mol. The second kappa shape index (κ2) is 8.97. The lowest BCUT2D eigenvalue weighted by Gasteiger charge is -2.22. The zero-order valence-electron chi connectivity index (χ0n) is 14.7. The Labute approximate surface area is 149 Å². The van der Waals surface area contributed by atoms with Crippen molar-refractivity contribution >= 4 is 5.69 Å². The van der Waals surface area contributed by atoms with Gasteiger partial charge in [0, 0.05) is 37.4 Å². The third-order valence-electron chi connectivity index (χ3n) is 4.85. The SMILES string of the molecule is OCc1cc(CNCc2ccc(N3CCCCCC3)cc2)ccc1F. The van der Waals surface area contributed by atoms with Gasteiger partial charge >= 0.3 is 0 Å². The summed E-state index contributed by atoms with van der Waals surface area (Å²) in [6.07, 6.45) is 5.27. The zero-order chi connectivity index (χ0) is 17.5. The molecule has 1 fully saturated rings. The van der Waals surface area contributed by atoms with Crippen LogP contribution in [0, 0.1) is 5.82 Å². The Bertz CT molecular complexity index is 664. The highest BCUT2D eigenvalue weighted by Crippen LogP contribution is 2.20. The predicted molar refractivity (Wildman–Crippen MR) is 100.0 cm³/mol. The largest absolute Gasteiger partial charge is 0.392 e. The minimum Gasteiger partial charge on any atom is -0.392 e. The monoisotopic (exact) mass is 342 g/mol. The number of anilines is 1. The molecule has 134 valence electrons. The minimum atomic E-state index is -0.352. The van der Waals surface area contributed by atoms with Crippen molar-refractivity contribution in [3.63, 3.8) is 0 Å². The maximum absolute atomic E-state index is 13.4. The van der Waals surface area contributed by atoms with Crippen LogP contribution >= 0.6 is 0 Å². The second-order valence-corrected chi connectivity index (χ2v) is 6.76. The standard InChI is InChI=1S/C21H27FN2O/c22-21-10-7-18(13-19(21)16-25)15-23-14-17-5-8-20(9-6-17)24-11-3-1-2-4-12-24/h5-10,13,23,25H,1-4,11-12,14-16H2. The van der Waals surface area contributed by atoms with Crippen LogP contribution in [0.4, 0.5) is 10.1 Å². The zero-order valence-corrected chi connectivity index (χ0v) is 14.7. The predicted octanol–water partition coefficient (Wildman–Crippen LogP) is 3.99. The molecule has 0 aromatic heterocycles. The fourth-order valence-electron chi connectivity index (χ4n) is 3.36. The lowest BCUT2D eigenvalue weighted by molar-refractivity contribution is 0.275. The van der Waals surface area contributed by atoms with Gasteiger partial charge in [-0.1, -0.05) is 31.0 Å². The summed E-state index contributed by atoms with van der Waals surface area (Å²) < 4.78 is 13.4. The van der Waals surface area contributed by atoms with Gasteiger partial charge in [-0.3, -0.25) is 0 Å². The fraction of sp³-hybridized carbons (Fsp3) is 0.429. The van der Waals surface area contributed by atoms with E-state index < -0.39 is 0 Å². The molecule has 1 aliphatic rings. The van der Waals surface area contributed by atoms with Crippen molar-refractivity contribution in [2.24, 2.45) is 0 Å². The van der Waals surface area contributed by atoms with Crippen LogP contribution in [0.15, 0.2) is 42.5 Å². The molecular weight excluding hydrogens is 315 g/mol. The highest BCUT2D eigenvalue weighted by molar-refractivity contribution is 5.47. The molecule has 1 aliphatic heterocycles. The number of benzene rings is 2. The van der Waals surface area contributed by atoms with E-state index in [1.54, 1.807) is 12.1 Å². The number of nitrogens with one attached hydrogen (secondary N) is 1. The highest BCUT2D eigenvalue weighted by Gasteiger charge is 2.09. The van der Waals surface area contributed by atoms with Gasteiger partial charge in [-0.25, -0.2) is 4.39 Å². The van der Waals surface area contributed by atoms with Crippen molar-refractivity contribution < 1.29 is 9.50 Å². The number of hydrogen-bond donors (Lipinski definition) is 2. The molecule has 2 aromatic carbocycles. The first-order valence-corrected chi connectivity index (χ1v) is 9.19. The van der Waals surface area contributed by atoms with E-state index in [1.165, 1.54) is 43.0 Å². The number of aliphatic hydroxyl groups excluding tert-OH is 1. The van der Waals surface area contributed by atoms with Gasteiger partial charge in [0.05, 0.1) is 6.61 Å². The Balaban J connectivity index is 1.51. The van der Waals surface area contributed by atoms with E-state index in [1.807, 2.05) is 0 Å². The average Bonchev–Trinajstić information content (AvgIpc) is 2.93. The van der Waals surface area contributed by atoms with Crippen LogP contribution < -0.4 is 10.2 Å². The van der Waals surface area contributed by atoms with Crippen LogP contribution in [-0.2, 0) is 19.7 Å². The summed E-state index contributed by atoms with van der Waals surface area (Å²) in [5.41, 5.74) is 3.88. The molecule has 2 aromatic rings. The topological polar surface area (TPSA) is 35.5 Å². The van der Waals surface area contributed by atoms with Gasteiger partial charge in [0.25, 0.3) is 0 Å². The van der Waals surface area contributed by atoms with Crippen LogP contribution in [0.5, 0.6) is 0 Å². The van der Waals surface area contributed by atoms with Crippen LogP contribution in [0.25, 0.3) is 0 Å². The molecule has 25 heavy (non-hydrogen) atoms. The molecule has 0 bridgehead atoms. The van der Waals surface area contributed by atoms with Gasteiger partial charge in [0.2, 0.25) is 0 Å². The molecule has 4 heteroatoms. The summed E-state index contributed by atoms with van der Waals surface area (Å²) in [4.78, 5) is 2.49. The quantitative estimate of drug-likeness (QED) is 0.833. The maximum atomic E-state index is 13.4. The van der Waals surface area contributed by atoms with Crippen LogP contribution in [-0.4, -0.2) is 18.2 Å². The maximum Gasteiger partial charge on any atom is 0.128 e. The molecule has 1 heterocycles. The lowest BCUT2D eigenvalue weighted by Crippen LogP contribution is -2.23. The molecule has 2 N–H and O–H groups in total. The molecule has 1 saturated heterocycles. The van der Waals surface area contributed by atoms with Crippen molar-refractivity contribution in [2.45, 2.75) is 45.4 Å². The van der Waals surface area contributed by atoms with Crippen molar-refractivity contribution in [3.05, 3.63) is 65.0 Å². The van der Waals surface area contributed by atoms with E-state index in [4.69, 9.17) is 5.11 Å². The number of nitrogens with zero attached hydrogens (tertiary/aromatic N) is 1. The lowest BCUT2D eigenvalue weighted by atomic mass is 10.1. The van der Waals surface area contributed by atoms with Gasteiger partial charge in [-0.15, -0.1) is 0 Å². The van der Waals surface area contributed by atoms with Gasteiger partial charge in [-0.05, 0) is 48.2 Å². The summed E-state index contributed by atoms with van der Waals surface area (Å²) >= 11 is 0. The molecule has 0 amide bonds. The van der Waals surface area contributed by atoms with Gasteiger partial charge in [0.1, 0.15) is 5.82 Å². The van der Waals surface area contributed by atoms with Crippen molar-refractivity contribution in [1.82, 2.24) is 5.32 Å². The third kappa shape index (κ3) is 5.03. The number of hydrogen-bond acceptors (Lipinski definition) is 3. The van der Waals surface area contributed by atoms with Crippen LogP contribution in [0.3, 0.4) is 0 Å². The summed E-state index contributed by atoms with van der Waals surface area (Å²) in [5, 5.41) is 12.5. The molecule has 0 aliphatic carbocycles. The number of rotatable bonds is 6. The summed E-state index contributed by atoms with van der Waals surface area (Å²) in [7, 11) is 0. The van der Waals surface area contributed by atoms with E-state index in [0.717, 1.165) is 25.2 Å². The summed E-state index contributed by atoms with van der Waals surface area (Å²) in [6, 6.07) is 13.7. The molecule has 0 radical (unpaired) electrons. The van der Waals surface area contributed by atoms with Crippen molar-refractivity contribution in [3.8, 4) is 0 Å². The van der Waals surface area contributed by atoms with E-state index in [2.05, 4.69) is 34.5 Å². The smallest absolute Gasteiger partial charge is 0.128 e. The van der Waals surface area contributed by atoms with E-state index in [0.29, 0.717) is 12.1 Å². The molecule has 3 nitrogen and oxygen atoms in total. The molecular formula is C21H27FN2O. The Morgan fingerprint density at radius 3 is 2.20 bits per heavy atom. The summed E-state index contributed by atoms with van der Waals surface area (Å²) in [5.74, 6) is -0.352. The Hall–Kier alpha value is -1.91. The first kappa shape index (κ1) is 17.9.